The van der Waals surface area contributed by atoms with Crippen molar-refractivity contribution in [2.24, 2.45) is 0 Å². The minimum absolute atomic E-state index is 0.0979. The van der Waals surface area contributed by atoms with Gasteiger partial charge in [-0.25, -0.2) is 4.98 Å². The summed E-state index contributed by atoms with van der Waals surface area (Å²) in [6, 6.07) is 11.7. The Morgan fingerprint density at radius 1 is 1.25 bits per heavy atom. The zero-order valence-electron chi connectivity index (χ0n) is 10.8. The van der Waals surface area contributed by atoms with Gasteiger partial charge in [0.25, 0.3) is 0 Å². The van der Waals surface area contributed by atoms with Crippen LogP contribution in [-0.2, 0) is 5.75 Å². The molecule has 0 aliphatic rings. The first-order valence-electron chi connectivity index (χ1n) is 6.21. The molecule has 0 aliphatic heterocycles. The fourth-order valence-electron chi connectivity index (χ4n) is 1.59. The maximum Gasteiger partial charge on any atom is 0.115 e. The van der Waals surface area contributed by atoms with Crippen LogP contribution in [0.25, 0.3) is 0 Å². The number of aliphatic hydroxyl groups excluding tert-OH is 1. The molecule has 2 rings (SSSR count). The molecule has 2 nitrogen and oxygen atoms in total. The molecule has 0 atom stereocenters. The van der Waals surface area contributed by atoms with Gasteiger partial charge in [0, 0.05) is 23.9 Å². The van der Waals surface area contributed by atoms with E-state index in [1.165, 1.54) is 5.56 Å². The van der Waals surface area contributed by atoms with Gasteiger partial charge in [-0.3, -0.25) is 0 Å². The summed E-state index contributed by atoms with van der Waals surface area (Å²) in [5.41, 5.74) is 2.14. The first-order chi connectivity index (χ1) is 9.79. The number of aliphatic hydroxyl groups is 1. The lowest BCUT2D eigenvalue weighted by Crippen LogP contribution is -1.85. The Morgan fingerprint density at radius 2 is 2.15 bits per heavy atom. The molecule has 1 aromatic heterocycles. The van der Waals surface area contributed by atoms with Gasteiger partial charge in [-0.05, 0) is 29.8 Å². The van der Waals surface area contributed by atoms with Gasteiger partial charge in [0.15, 0.2) is 0 Å². The predicted molar refractivity (Wildman–Crippen MR) is 83.8 cm³/mol. The van der Waals surface area contributed by atoms with Gasteiger partial charge in [0.2, 0.25) is 0 Å². The molecular weight excluding hydrogens is 290 g/mol. The maximum absolute atomic E-state index is 8.71. The van der Waals surface area contributed by atoms with E-state index in [9.17, 15) is 0 Å². The Hall–Kier alpha value is -1.47. The number of aromatic nitrogens is 1. The number of benzene rings is 1. The molecule has 0 aliphatic carbocycles. The fourth-order valence-corrected chi connectivity index (χ4v) is 2.70. The van der Waals surface area contributed by atoms with Crippen LogP contribution >= 0.6 is 23.4 Å². The Kier molecular flexibility index (Phi) is 5.94. The second-order valence-electron chi connectivity index (χ2n) is 4.05. The fraction of sp³-hybridized carbons (Fsp3) is 0.188. The lowest BCUT2D eigenvalue weighted by molar-refractivity contribution is 0.305. The van der Waals surface area contributed by atoms with Gasteiger partial charge in [-0.15, -0.1) is 11.8 Å². The van der Waals surface area contributed by atoms with Crippen molar-refractivity contribution in [1.82, 2.24) is 4.98 Å². The van der Waals surface area contributed by atoms with Gasteiger partial charge < -0.3 is 5.11 Å². The molecule has 0 saturated heterocycles. The zero-order chi connectivity index (χ0) is 14.2. The minimum Gasteiger partial charge on any atom is -0.395 e. The molecule has 0 unspecified atom stereocenters. The molecule has 1 N–H and O–H groups in total. The minimum atomic E-state index is 0.0979. The predicted octanol–water partition coefficient (Wildman–Crippen LogP) is 3.76. The summed E-state index contributed by atoms with van der Waals surface area (Å²) in [6.07, 6.45) is 2.24. The number of hydrogen-bond donors (Lipinski definition) is 1. The van der Waals surface area contributed by atoms with Crippen molar-refractivity contribution in [3.8, 4) is 11.8 Å². The average Bonchev–Trinajstić information content (AvgIpc) is 2.47. The van der Waals surface area contributed by atoms with E-state index in [1.807, 2.05) is 30.3 Å². The monoisotopic (exact) mass is 303 g/mol. The van der Waals surface area contributed by atoms with Gasteiger partial charge >= 0.3 is 0 Å². The van der Waals surface area contributed by atoms with Crippen LogP contribution in [0.3, 0.4) is 0 Å². The molecule has 0 radical (unpaired) electrons. The van der Waals surface area contributed by atoms with Crippen molar-refractivity contribution in [2.45, 2.75) is 17.2 Å². The van der Waals surface area contributed by atoms with Crippen molar-refractivity contribution < 1.29 is 5.11 Å². The SMILES string of the molecule is OCCC#Cc1cccc(CSc2ncccc2Cl)c1. The maximum atomic E-state index is 8.71. The normalized spacial score (nSPS) is 9.90. The third kappa shape index (κ3) is 4.57. The van der Waals surface area contributed by atoms with Crippen LogP contribution in [0.1, 0.15) is 17.5 Å². The Bertz CT molecular complexity index is 634. The van der Waals surface area contributed by atoms with E-state index in [0.717, 1.165) is 16.3 Å². The quantitative estimate of drug-likeness (QED) is 0.689. The van der Waals surface area contributed by atoms with Gasteiger partial charge in [0.05, 0.1) is 11.6 Å². The first-order valence-corrected chi connectivity index (χ1v) is 7.58. The van der Waals surface area contributed by atoms with Crippen molar-refractivity contribution >= 4 is 23.4 Å². The highest BCUT2D eigenvalue weighted by Crippen LogP contribution is 2.27. The van der Waals surface area contributed by atoms with E-state index in [2.05, 4.69) is 22.9 Å². The van der Waals surface area contributed by atoms with E-state index in [1.54, 1.807) is 18.0 Å². The van der Waals surface area contributed by atoms with Crippen molar-refractivity contribution in [1.29, 1.82) is 0 Å². The molecule has 2 aromatic rings. The number of rotatable bonds is 4. The molecule has 0 bridgehead atoms. The zero-order valence-corrected chi connectivity index (χ0v) is 12.4. The van der Waals surface area contributed by atoms with E-state index in [4.69, 9.17) is 16.7 Å². The smallest absolute Gasteiger partial charge is 0.115 e. The van der Waals surface area contributed by atoms with E-state index in [0.29, 0.717) is 11.4 Å². The van der Waals surface area contributed by atoms with Crippen LogP contribution in [0, 0.1) is 11.8 Å². The highest BCUT2D eigenvalue weighted by Gasteiger charge is 2.02. The van der Waals surface area contributed by atoms with Crippen LogP contribution in [-0.4, -0.2) is 16.7 Å². The highest BCUT2D eigenvalue weighted by atomic mass is 35.5. The van der Waals surface area contributed by atoms with Crippen LogP contribution in [0.5, 0.6) is 0 Å². The summed E-state index contributed by atoms with van der Waals surface area (Å²) in [7, 11) is 0. The molecule has 20 heavy (non-hydrogen) atoms. The topological polar surface area (TPSA) is 33.1 Å². The van der Waals surface area contributed by atoms with Crippen LogP contribution in [0.4, 0.5) is 0 Å². The largest absolute Gasteiger partial charge is 0.395 e. The van der Waals surface area contributed by atoms with E-state index >= 15 is 0 Å². The number of nitrogens with zero attached hydrogens (tertiary/aromatic N) is 1. The van der Waals surface area contributed by atoms with Gasteiger partial charge in [0.1, 0.15) is 5.03 Å². The Labute approximate surface area is 128 Å². The summed E-state index contributed by atoms with van der Waals surface area (Å²) in [6.45, 7) is 0.0979. The third-order valence-corrected chi connectivity index (χ3v) is 3.99. The average molecular weight is 304 g/mol. The second kappa shape index (κ2) is 7.96. The Balaban J connectivity index is 2.02. The molecule has 0 spiro atoms. The van der Waals surface area contributed by atoms with Crippen molar-refractivity contribution in [2.75, 3.05) is 6.61 Å². The summed E-state index contributed by atoms with van der Waals surface area (Å²) >= 11 is 7.68. The third-order valence-electron chi connectivity index (χ3n) is 2.50. The molecule has 1 heterocycles. The molecule has 0 fully saturated rings. The van der Waals surface area contributed by atoms with Gasteiger partial charge in [-0.2, -0.15) is 0 Å². The first kappa shape index (κ1) is 14.9. The summed E-state index contributed by atoms with van der Waals surface area (Å²) < 4.78 is 0. The van der Waals surface area contributed by atoms with Crippen LogP contribution in [0.15, 0.2) is 47.6 Å². The van der Waals surface area contributed by atoms with Crippen LogP contribution in [0.2, 0.25) is 5.02 Å². The van der Waals surface area contributed by atoms with Gasteiger partial charge in [-0.1, -0.05) is 35.6 Å². The lowest BCUT2D eigenvalue weighted by atomic mass is 10.1. The van der Waals surface area contributed by atoms with E-state index in [-0.39, 0.29) is 6.61 Å². The standard InChI is InChI=1S/C16H14ClNOS/c17-15-8-4-9-18-16(15)20-12-14-7-3-6-13(11-14)5-1-2-10-19/h3-4,6-9,11,19H,2,10,12H2. The molecule has 102 valence electrons. The molecular formula is C16H14ClNOS. The van der Waals surface area contributed by atoms with Crippen molar-refractivity contribution in [3.05, 3.63) is 58.7 Å². The highest BCUT2D eigenvalue weighted by molar-refractivity contribution is 7.98. The summed E-state index contributed by atoms with van der Waals surface area (Å²) in [4.78, 5) is 4.25. The number of hydrogen-bond acceptors (Lipinski definition) is 3. The molecule has 0 saturated carbocycles. The number of pyridine rings is 1. The Morgan fingerprint density at radius 3 is 2.95 bits per heavy atom. The van der Waals surface area contributed by atoms with Crippen molar-refractivity contribution in [3.63, 3.8) is 0 Å². The molecule has 1 aromatic carbocycles. The second-order valence-corrected chi connectivity index (χ2v) is 5.43. The summed E-state index contributed by atoms with van der Waals surface area (Å²) in [5.74, 6) is 6.75. The number of thioether (sulfide) groups is 1. The van der Waals surface area contributed by atoms with E-state index < -0.39 is 0 Å². The molecule has 4 heteroatoms. The number of halogens is 1. The molecule has 0 amide bonds. The van der Waals surface area contributed by atoms with Crippen LogP contribution < -0.4 is 0 Å². The summed E-state index contributed by atoms with van der Waals surface area (Å²) in [5, 5.41) is 10.2. The lowest BCUT2D eigenvalue weighted by Gasteiger charge is -2.03.